The van der Waals surface area contributed by atoms with Crippen molar-refractivity contribution in [3.63, 3.8) is 0 Å². The molecule has 0 bridgehead atoms. The van der Waals surface area contributed by atoms with E-state index in [1.54, 1.807) is 17.7 Å². The van der Waals surface area contributed by atoms with E-state index >= 15 is 0 Å². The predicted octanol–water partition coefficient (Wildman–Crippen LogP) is 2.60. The number of aryl methyl sites for hydroxylation is 1. The van der Waals surface area contributed by atoms with E-state index in [1.807, 2.05) is 30.3 Å². The van der Waals surface area contributed by atoms with E-state index in [2.05, 4.69) is 10.4 Å². The highest BCUT2D eigenvalue weighted by Gasteiger charge is 2.36. The summed E-state index contributed by atoms with van der Waals surface area (Å²) >= 11 is 0. The normalized spacial score (nSPS) is 18.9. The average molecular weight is 479 g/mol. The highest BCUT2D eigenvalue weighted by Crippen LogP contribution is 2.29. The molecule has 0 saturated carbocycles. The number of sulfone groups is 1. The number of anilines is 1. The zero-order valence-corrected chi connectivity index (χ0v) is 19.2. The number of benzene rings is 2. The van der Waals surface area contributed by atoms with Gasteiger partial charge in [-0.1, -0.05) is 30.3 Å². The molecule has 0 aliphatic carbocycles. The number of nitrogens with zero attached hydrogens (tertiary/aromatic N) is 3. The van der Waals surface area contributed by atoms with Crippen LogP contribution in [0.2, 0.25) is 0 Å². The molecule has 10 heteroatoms. The predicted molar refractivity (Wildman–Crippen MR) is 124 cm³/mol. The zero-order valence-electron chi connectivity index (χ0n) is 18.4. The molecular formula is C24H22N4O5S. The van der Waals surface area contributed by atoms with Crippen LogP contribution in [-0.4, -0.2) is 52.3 Å². The molecular weight excluding hydrogens is 456 g/mol. The SMILES string of the molecule is Cc1cc(NC(=O)c2ccc3c(c2)C(=O)N(Cc2ccccc2)C3=O)n(C2CCS(=O)(=O)C2)n1. The second-order valence-electron chi connectivity index (χ2n) is 8.57. The van der Waals surface area contributed by atoms with Crippen LogP contribution in [0.3, 0.4) is 0 Å². The molecule has 174 valence electrons. The minimum absolute atomic E-state index is 0.0241. The van der Waals surface area contributed by atoms with E-state index < -0.39 is 27.6 Å². The van der Waals surface area contributed by atoms with Crippen LogP contribution in [-0.2, 0) is 16.4 Å². The van der Waals surface area contributed by atoms with Crippen molar-refractivity contribution < 1.29 is 22.8 Å². The van der Waals surface area contributed by atoms with Gasteiger partial charge in [-0.05, 0) is 37.1 Å². The summed E-state index contributed by atoms with van der Waals surface area (Å²) in [7, 11) is -3.13. The van der Waals surface area contributed by atoms with E-state index in [1.165, 1.54) is 23.1 Å². The van der Waals surface area contributed by atoms with Crippen molar-refractivity contribution in [2.75, 3.05) is 16.8 Å². The smallest absolute Gasteiger partial charge is 0.261 e. The van der Waals surface area contributed by atoms with Gasteiger partial charge in [-0.25, -0.2) is 13.1 Å². The number of hydrogen-bond acceptors (Lipinski definition) is 6. The Bertz CT molecular complexity index is 1430. The molecule has 1 atom stereocenters. The van der Waals surface area contributed by atoms with Crippen LogP contribution in [0.25, 0.3) is 0 Å². The van der Waals surface area contributed by atoms with Crippen molar-refractivity contribution >= 4 is 33.4 Å². The third kappa shape index (κ3) is 4.01. The Labute approximate surface area is 196 Å². The number of hydrogen-bond donors (Lipinski definition) is 1. The van der Waals surface area contributed by atoms with Gasteiger partial charge in [-0.15, -0.1) is 0 Å². The Morgan fingerprint density at radius 2 is 1.79 bits per heavy atom. The van der Waals surface area contributed by atoms with Gasteiger partial charge in [0.2, 0.25) is 0 Å². The van der Waals surface area contributed by atoms with Gasteiger partial charge < -0.3 is 5.32 Å². The fourth-order valence-corrected chi connectivity index (χ4v) is 6.08. The van der Waals surface area contributed by atoms with Crippen LogP contribution in [0.4, 0.5) is 5.82 Å². The molecule has 1 fully saturated rings. The van der Waals surface area contributed by atoms with Gasteiger partial charge >= 0.3 is 0 Å². The topological polar surface area (TPSA) is 118 Å². The Hall–Kier alpha value is -3.79. The average Bonchev–Trinajstić information content (AvgIpc) is 3.43. The molecule has 2 aliphatic heterocycles. The van der Waals surface area contributed by atoms with Crippen LogP contribution in [0.5, 0.6) is 0 Å². The number of carbonyl (C=O) groups excluding carboxylic acids is 3. The first-order chi connectivity index (χ1) is 16.2. The fourth-order valence-electron chi connectivity index (χ4n) is 4.39. The van der Waals surface area contributed by atoms with Crippen molar-refractivity contribution in [2.24, 2.45) is 0 Å². The second-order valence-corrected chi connectivity index (χ2v) is 10.8. The fraction of sp³-hybridized carbons (Fsp3) is 0.250. The third-order valence-electron chi connectivity index (χ3n) is 6.07. The quantitative estimate of drug-likeness (QED) is 0.563. The molecule has 2 aliphatic rings. The molecule has 3 amide bonds. The largest absolute Gasteiger partial charge is 0.307 e. The van der Waals surface area contributed by atoms with Gasteiger partial charge in [0.15, 0.2) is 9.84 Å². The number of amides is 3. The second kappa shape index (κ2) is 8.21. The molecule has 3 aromatic rings. The first kappa shape index (κ1) is 22.0. The van der Waals surface area contributed by atoms with Crippen molar-refractivity contribution in [1.82, 2.24) is 14.7 Å². The zero-order chi connectivity index (χ0) is 24.0. The maximum Gasteiger partial charge on any atom is 0.261 e. The Kier molecular flexibility index (Phi) is 5.32. The van der Waals surface area contributed by atoms with Crippen molar-refractivity contribution in [3.8, 4) is 0 Å². The minimum atomic E-state index is -3.13. The molecule has 5 rings (SSSR count). The molecule has 1 unspecified atom stereocenters. The monoisotopic (exact) mass is 478 g/mol. The van der Waals surface area contributed by atoms with Crippen molar-refractivity contribution in [2.45, 2.75) is 25.9 Å². The van der Waals surface area contributed by atoms with Crippen LogP contribution in [0.1, 0.15) is 54.8 Å². The van der Waals surface area contributed by atoms with Crippen molar-refractivity contribution in [1.29, 1.82) is 0 Å². The first-order valence-electron chi connectivity index (χ1n) is 10.8. The van der Waals surface area contributed by atoms with Gasteiger partial charge in [0.25, 0.3) is 17.7 Å². The molecule has 1 saturated heterocycles. The third-order valence-corrected chi connectivity index (χ3v) is 7.82. The maximum atomic E-state index is 13.0. The van der Waals surface area contributed by atoms with Gasteiger partial charge in [-0.3, -0.25) is 19.3 Å². The summed E-state index contributed by atoms with van der Waals surface area (Å²) in [6.45, 7) is 1.91. The summed E-state index contributed by atoms with van der Waals surface area (Å²) in [5, 5.41) is 7.14. The lowest BCUT2D eigenvalue weighted by molar-refractivity contribution is 0.0642. The highest BCUT2D eigenvalue weighted by atomic mass is 32.2. The van der Waals surface area contributed by atoms with Gasteiger partial charge in [-0.2, -0.15) is 5.10 Å². The lowest BCUT2D eigenvalue weighted by atomic mass is 10.1. The molecule has 1 N–H and O–H groups in total. The Morgan fingerprint density at radius 3 is 2.50 bits per heavy atom. The number of imide groups is 1. The number of nitrogens with one attached hydrogen (secondary N) is 1. The van der Waals surface area contributed by atoms with E-state index in [0.717, 1.165) is 5.56 Å². The van der Waals surface area contributed by atoms with E-state index in [4.69, 9.17) is 0 Å². The van der Waals surface area contributed by atoms with Gasteiger partial charge in [0, 0.05) is 11.6 Å². The summed E-state index contributed by atoms with van der Waals surface area (Å²) in [6.07, 6.45) is 0.430. The molecule has 9 nitrogen and oxygen atoms in total. The molecule has 2 aromatic carbocycles. The van der Waals surface area contributed by atoms with E-state index in [-0.39, 0.29) is 40.8 Å². The maximum absolute atomic E-state index is 13.0. The summed E-state index contributed by atoms with van der Waals surface area (Å²) in [6, 6.07) is 14.9. The number of fused-ring (bicyclic) bond motifs is 1. The standard InChI is InChI=1S/C24H22N4O5S/c1-15-11-21(28(26-15)18-9-10-34(32,33)14-18)25-22(29)17-7-8-19-20(12-17)24(31)27(23(19)30)13-16-5-3-2-4-6-16/h2-8,11-12,18H,9-10,13-14H2,1H3,(H,25,29). The van der Waals surface area contributed by atoms with E-state index in [0.29, 0.717) is 17.9 Å². The summed E-state index contributed by atoms with van der Waals surface area (Å²) in [5.41, 5.74) is 2.12. The van der Waals surface area contributed by atoms with Crippen LogP contribution >= 0.6 is 0 Å². The first-order valence-corrected chi connectivity index (χ1v) is 12.7. The summed E-state index contributed by atoms with van der Waals surface area (Å²) in [5.74, 6) is -0.874. The number of carbonyl (C=O) groups is 3. The number of rotatable bonds is 5. The van der Waals surface area contributed by atoms with Gasteiger partial charge in [0.05, 0.1) is 40.9 Å². The van der Waals surface area contributed by atoms with Crippen LogP contribution < -0.4 is 5.32 Å². The molecule has 0 spiro atoms. The Balaban J connectivity index is 1.37. The Morgan fingerprint density at radius 1 is 1.06 bits per heavy atom. The van der Waals surface area contributed by atoms with E-state index in [9.17, 15) is 22.8 Å². The minimum Gasteiger partial charge on any atom is -0.307 e. The highest BCUT2D eigenvalue weighted by molar-refractivity contribution is 7.91. The summed E-state index contributed by atoms with van der Waals surface area (Å²) in [4.78, 5) is 39.9. The molecule has 34 heavy (non-hydrogen) atoms. The lowest BCUT2D eigenvalue weighted by Gasteiger charge is -2.14. The molecule has 0 radical (unpaired) electrons. The van der Waals surface area contributed by atoms with Crippen molar-refractivity contribution in [3.05, 3.63) is 82.5 Å². The number of aromatic nitrogens is 2. The molecule has 3 heterocycles. The lowest BCUT2D eigenvalue weighted by Crippen LogP contribution is -2.29. The van der Waals surface area contributed by atoms with Crippen LogP contribution in [0.15, 0.2) is 54.6 Å². The molecule has 1 aromatic heterocycles. The van der Waals surface area contributed by atoms with Gasteiger partial charge in [0.1, 0.15) is 5.82 Å². The summed E-state index contributed by atoms with van der Waals surface area (Å²) < 4.78 is 25.3. The van der Waals surface area contributed by atoms with Crippen LogP contribution in [0, 0.1) is 6.92 Å².